The summed E-state index contributed by atoms with van der Waals surface area (Å²) in [7, 11) is 0. The second kappa shape index (κ2) is 12.8. The van der Waals surface area contributed by atoms with E-state index >= 15 is 0 Å². The van der Waals surface area contributed by atoms with Gasteiger partial charge in [0, 0.05) is 0 Å². The molecule has 0 fully saturated rings. The van der Waals surface area contributed by atoms with Crippen LogP contribution in [0.1, 0.15) is 65.2 Å². The molecule has 0 rings (SSSR count). The molecular formula is C12H27Sn. The van der Waals surface area contributed by atoms with Crippen LogP contribution in [-0.2, 0) is 0 Å². The van der Waals surface area contributed by atoms with E-state index in [1.807, 2.05) is 0 Å². The molecular weight excluding hydrogens is 263 g/mol. The first-order chi connectivity index (χ1) is 6.41. The van der Waals surface area contributed by atoms with Crippen molar-refractivity contribution in [3.8, 4) is 0 Å². The van der Waals surface area contributed by atoms with Crippen LogP contribution >= 0.6 is 0 Å². The fourth-order valence-corrected chi connectivity index (χ4v) is 5.69. The van der Waals surface area contributed by atoms with Gasteiger partial charge in [0.25, 0.3) is 0 Å². The van der Waals surface area contributed by atoms with Gasteiger partial charge >= 0.3 is 95.2 Å². The molecule has 0 saturated heterocycles. The Hall–Kier alpha value is 0.799. The van der Waals surface area contributed by atoms with Crippen LogP contribution in [0.25, 0.3) is 0 Å². The zero-order valence-electron chi connectivity index (χ0n) is 9.65. The van der Waals surface area contributed by atoms with Crippen molar-refractivity contribution in [3.63, 3.8) is 0 Å². The fourth-order valence-electron chi connectivity index (χ4n) is 1.58. The predicted octanol–water partition coefficient (Wildman–Crippen LogP) is 4.42. The van der Waals surface area contributed by atoms with Crippen molar-refractivity contribution in [1.29, 1.82) is 0 Å². The average Bonchev–Trinajstić information content (AvgIpc) is 2.16. The summed E-state index contributed by atoms with van der Waals surface area (Å²) in [4.78, 5) is 0. The topological polar surface area (TPSA) is 0 Å². The predicted molar refractivity (Wildman–Crippen MR) is 65.0 cm³/mol. The van der Waals surface area contributed by atoms with E-state index in [0.717, 1.165) is 0 Å². The molecule has 0 aromatic rings. The van der Waals surface area contributed by atoms with Crippen LogP contribution in [0.15, 0.2) is 0 Å². The first-order valence-electron chi connectivity index (χ1n) is 6.23. The summed E-state index contributed by atoms with van der Waals surface area (Å²) in [6.07, 6.45) is 11.9. The summed E-state index contributed by atoms with van der Waals surface area (Å²) in [5.74, 6) is 0. The van der Waals surface area contributed by atoms with E-state index in [9.17, 15) is 0 Å². The summed E-state index contributed by atoms with van der Waals surface area (Å²) in [5, 5.41) is 0. The molecule has 0 heterocycles. The van der Waals surface area contributed by atoms with E-state index in [0.29, 0.717) is 0 Å². The van der Waals surface area contributed by atoms with Crippen LogP contribution in [0, 0.1) is 0 Å². The monoisotopic (exact) mass is 291 g/mol. The summed E-state index contributed by atoms with van der Waals surface area (Å²) in [5.41, 5.74) is 0. The molecule has 0 saturated carbocycles. The van der Waals surface area contributed by atoms with Gasteiger partial charge in [-0.2, -0.15) is 0 Å². The zero-order valence-corrected chi connectivity index (χ0v) is 12.9. The summed E-state index contributed by atoms with van der Waals surface area (Å²) < 4.78 is 3.34. The van der Waals surface area contributed by atoms with E-state index in [4.69, 9.17) is 0 Å². The standard InChI is InChI=1S/2C6H13.Sn.H/c2*1-3-5-6-4-2;;/h2*1,3-6H2,2H3;;. The van der Waals surface area contributed by atoms with Crippen LogP contribution < -0.4 is 0 Å². The molecule has 0 bridgehead atoms. The van der Waals surface area contributed by atoms with E-state index in [1.54, 1.807) is 21.7 Å². The number of hydrogen-bond acceptors (Lipinski definition) is 0. The molecule has 0 nitrogen and oxygen atoms in total. The third-order valence-electron chi connectivity index (χ3n) is 2.52. The first-order valence-corrected chi connectivity index (χ1v) is 10.9. The Morgan fingerprint density at radius 3 is 1.46 bits per heavy atom. The van der Waals surface area contributed by atoms with Crippen molar-refractivity contribution < 1.29 is 0 Å². The molecule has 1 heteroatoms. The average molecular weight is 290 g/mol. The molecule has 0 unspecified atom stereocenters. The molecule has 0 amide bonds. The first kappa shape index (κ1) is 13.8. The molecule has 13 heavy (non-hydrogen) atoms. The van der Waals surface area contributed by atoms with E-state index in [-0.39, 0.29) is 21.1 Å². The Morgan fingerprint density at radius 1 is 0.615 bits per heavy atom. The number of rotatable bonds is 10. The van der Waals surface area contributed by atoms with Gasteiger partial charge in [-0.15, -0.1) is 0 Å². The fraction of sp³-hybridized carbons (Fsp3) is 1.00. The molecule has 1 radical (unpaired) electrons. The van der Waals surface area contributed by atoms with Crippen molar-refractivity contribution in [1.82, 2.24) is 0 Å². The van der Waals surface area contributed by atoms with Gasteiger partial charge in [-0.25, -0.2) is 0 Å². The second-order valence-corrected chi connectivity index (χ2v) is 8.93. The van der Waals surface area contributed by atoms with Crippen molar-refractivity contribution in [3.05, 3.63) is 0 Å². The third-order valence-corrected chi connectivity index (χ3v) is 7.18. The second-order valence-electron chi connectivity index (χ2n) is 3.99. The Morgan fingerprint density at radius 2 is 1.08 bits per heavy atom. The van der Waals surface area contributed by atoms with Gasteiger partial charge in [0.2, 0.25) is 0 Å². The van der Waals surface area contributed by atoms with Gasteiger partial charge in [0.1, 0.15) is 0 Å². The Kier molecular flexibility index (Phi) is 13.6. The van der Waals surface area contributed by atoms with Gasteiger partial charge in [-0.3, -0.25) is 0 Å². The molecule has 0 N–H and O–H groups in total. The summed E-state index contributed by atoms with van der Waals surface area (Å²) in [6, 6.07) is 0. The summed E-state index contributed by atoms with van der Waals surface area (Å²) >= 11 is -0.0583. The van der Waals surface area contributed by atoms with Gasteiger partial charge in [-0.05, 0) is 0 Å². The van der Waals surface area contributed by atoms with E-state index in [1.165, 1.54) is 38.5 Å². The zero-order chi connectivity index (χ0) is 9.78. The number of unbranched alkanes of at least 4 members (excludes halogenated alkanes) is 6. The Labute approximate surface area is 95.1 Å². The molecule has 0 aromatic heterocycles. The molecule has 0 atom stereocenters. The Bertz CT molecular complexity index is 71.2. The van der Waals surface area contributed by atoms with Gasteiger partial charge in [0.15, 0.2) is 0 Å². The van der Waals surface area contributed by atoms with Crippen LogP contribution in [-0.4, -0.2) is 21.1 Å². The van der Waals surface area contributed by atoms with Crippen molar-refractivity contribution >= 4 is 21.1 Å². The molecule has 0 aliphatic carbocycles. The van der Waals surface area contributed by atoms with E-state index in [2.05, 4.69) is 13.8 Å². The maximum atomic E-state index is 2.30. The molecule has 79 valence electrons. The molecule has 0 aliphatic heterocycles. The number of hydrogen-bond donors (Lipinski definition) is 0. The van der Waals surface area contributed by atoms with Crippen LogP contribution in [0.5, 0.6) is 0 Å². The maximum absolute atomic E-state index is 2.30. The van der Waals surface area contributed by atoms with Crippen molar-refractivity contribution in [2.75, 3.05) is 0 Å². The molecule has 0 aliphatic rings. The van der Waals surface area contributed by atoms with Crippen LogP contribution in [0.3, 0.4) is 0 Å². The third kappa shape index (κ3) is 12.8. The van der Waals surface area contributed by atoms with Gasteiger partial charge in [0.05, 0.1) is 0 Å². The van der Waals surface area contributed by atoms with Crippen LogP contribution in [0.4, 0.5) is 0 Å². The molecule has 0 spiro atoms. The minimum atomic E-state index is -0.0583. The van der Waals surface area contributed by atoms with Crippen molar-refractivity contribution in [2.45, 2.75) is 74.1 Å². The van der Waals surface area contributed by atoms with Gasteiger partial charge in [-0.1, -0.05) is 0 Å². The molecule has 0 aromatic carbocycles. The van der Waals surface area contributed by atoms with E-state index < -0.39 is 0 Å². The van der Waals surface area contributed by atoms with Crippen molar-refractivity contribution in [2.24, 2.45) is 0 Å². The Balaban J connectivity index is 2.76. The normalized spacial score (nSPS) is 10.6. The SMILES string of the molecule is CCCCC[CH2][SnH][CH2]CCCCC. The summed E-state index contributed by atoms with van der Waals surface area (Å²) in [6.45, 7) is 4.60. The quantitative estimate of drug-likeness (QED) is 0.412. The van der Waals surface area contributed by atoms with Crippen LogP contribution in [0.2, 0.25) is 8.87 Å². The minimum absolute atomic E-state index is 0.0583. The van der Waals surface area contributed by atoms with Gasteiger partial charge < -0.3 is 0 Å².